The number of nitrogens with one attached hydrogen (secondary N) is 2. The Bertz CT molecular complexity index is 664. The minimum Gasteiger partial charge on any atom is -0.484 e. The third-order valence-corrected chi connectivity index (χ3v) is 3.06. The third kappa shape index (κ3) is 4.41. The topological polar surface area (TPSA) is 108 Å². The van der Waals surface area contributed by atoms with Crippen LogP contribution in [0.3, 0.4) is 0 Å². The molecule has 1 aromatic carbocycles. The van der Waals surface area contributed by atoms with E-state index < -0.39 is 42.7 Å². The monoisotopic (exact) mass is 338 g/mol. The van der Waals surface area contributed by atoms with E-state index in [-0.39, 0.29) is 12.3 Å². The molecule has 10 heteroatoms. The molecule has 0 bridgehead atoms. The van der Waals surface area contributed by atoms with Crippen LogP contribution in [0.4, 0.5) is 9.18 Å². The summed E-state index contributed by atoms with van der Waals surface area (Å²) in [6, 6.07) is 4.47. The Morgan fingerprint density at radius 1 is 1.17 bits per heavy atom. The smallest absolute Gasteiger partial charge is 0.327 e. The molecule has 0 spiro atoms. The second kappa shape index (κ2) is 7.40. The average Bonchev–Trinajstić information content (AvgIpc) is 2.78. The number of rotatable bonds is 5. The van der Waals surface area contributed by atoms with Gasteiger partial charge in [0, 0.05) is 7.05 Å². The Kier molecular flexibility index (Phi) is 5.30. The number of likely N-dealkylation sites (N-methyl/N-ethyl adjacent to an activating group) is 1. The molecular weight excluding hydrogens is 323 g/mol. The Morgan fingerprint density at radius 2 is 1.79 bits per heavy atom. The summed E-state index contributed by atoms with van der Waals surface area (Å²) in [6.07, 6.45) is 0. The maximum absolute atomic E-state index is 12.7. The Labute approximate surface area is 136 Å². The van der Waals surface area contributed by atoms with Crippen LogP contribution in [0.1, 0.15) is 0 Å². The van der Waals surface area contributed by atoms with Gasteiger partial charge < -0.3 is 9.64 Å². The molecule has 1 fully saturated rings. The average molecular weight is 338 g/mol. The van der Waals surface area contributed by atoms with E-state index in [0.29, 0.717) is 0 Å². The van der Waals surface area contributed by atoms with Gasteiger partial charge in [-0.2, -0.15) is 0 Å². The molecule has 5 amide bonds. The summed E-state index contributed by atoms with van der Waals surface area (Å²) in [7, 11) is 1.44. The lowest BCUT2D eigenvalue weighted by molar-refractivity contribution is -0.133. The molecule has 1 heterocycles. The zero-order valence-electron chi connectivity index (χ0n) is 12.7. The summed E-state index contributed by atoms with van der Waals surface area (Å²) < 4.78 is 17.8. The van der Waals surface area contributed by atoms with E-state index in [1.165, 1.54) is 36.2 Å². The lowest BCUT2D eigenvalue weighted by Gasteiger charge is -2.14. The number of hydrazine groups is 1. The zero-order chi connectivity index (χ0) is 17.7. The highest BCUT2D eigenvalue weighted by atomic mass is 19.1. The van der Waals surface area contributed by atoms with Crippen molar-refractivity contribution in [2.75, 3.05) is 26.7 Å². The molecule has 24 heavy (non-hydrogen) atoms. The predicted octanol–water partition coefficient (Wildman–Crippen LogP) is -0.754. The maximum atomic E-state index is 12.7. The van der Waals surface area contributed by atoms with Crippen LogP contribution < -0.4 is 15.6 Å². The molecule has 128 valence electrons. The minimum absolute atomic E-state index is 0.0933. The predicted molar refractivity (Wildman–Crippen MR) is 77.9 cm³/mol. The standard InChI is InChI=1S/C14H15FN4O5/c1-18-7-13(22)19(14(18)23)6-11(20)16-17-12(21)8-24-10-4-2-9(15)3-5-10/h2-5H,6-8H2,1H3,(H,16,20)(H,17,21). The van der Waals surface area contributed by atoms with Crippen molar-refractivity contribution in [3.63, 3.8) is 0 Å². The summed E-state index contributed by atoms with van der Waals surface area (Å²) in [6.45, 7) is -0.999. The van der Waals surface area contributed by atoms with Crippen molar-refractivity contribution >= 4 is 23.8 Å². The number of nitrogens with zero attached hydrogens (tertiary/aromatic N) is 2. The molecule has 0 aromatic heterocycles. The van der Waals surface area contributed by atoms with Crippen LogP contribution >= 0.6 is 0 Å². The summed E-state index contributed by atoms with van der Waals surface area (Å²) >= 11 is 0. The number of ether oxygens (including phenoxy) is 1. The van der Waals surface area contributed by atoms with Crippen molar-refractivity contribution in [1.82, 2.24) is 20.7 Å². The van der Waals surface area contributed by atoms with Gasteiger partial charge in [-0.15, -0.1) is 0 Å². The van der Waals surface area contributed by atoms with E-state index in [0.717, 1.165) is 4.90 Å². The largest absolute Gasteiger partial charge is 0.484 e. The van der Waals surface area contributed by atoms with Gasteiger partial charge in [0.15, 0.2) is 6.61 Å². The van der Waals surface area contributed by atoms with Gasteiger partial charge in [0.1, 0.15) is 24.7 Å². The van der Waals surface area contributed by atoms with Crippen LogP contribution in [-0.2, 0) is 14.4 Å². The molecule has 2 N–H and O–H groups in total. The van der Waals surface area contributed by atoms with Gasteiger partial charge in [-0.3, -0.25) is 30.1 Å². The molecule has 0 radical (unpaired) electrons. The highest BCUT2D eigenvalue weighted by molar-refractivity contribution is 6.04. The van der Waals surface area contributed by atoms with Crippen LogP contribution in [0.5, 0.6) is 5.75 Å². The van der Waals surface area contributed by atoms with Gasteiger partial charge in [-0.25, -0.2) is 9.18 Å². The molecule has 0 aliphatic carbocycles. The highest BCUT2D eigenvalue weighted by Crippen LogP contribution is 2.10. The van der Waals surface area contributed by atoms with Gasteiger partial charge >= 0.3 is 6.03 Å². The molecule has 0 saturated carbocycles. The van der Waals surface area contributed by atoms with Crippen molar-refractivity contribution in [2.45, 2.75) is 0 Å². The van der Waals surface area contributed by atoms with E-state index in [4.69, 9.17) is 4.74 Å². The van der Waals surface area contributed by atoms with Gasteiger partial charge in [0.25, 0.3) is 17.7 Å². The third-order valence-electron chi connectivity index (χ3n) is 3.06. The van der Waals surface area contributed by atoms with E-state index >= 15 is 0 Å². The van der Waals surface area contributed by atoms with Crippen LogP contribution in [0.2, 0.25) is 0 Å². The van der Waals surface area contributed by atoms with E-state index in [1.54, 1.807) is 0 Å². The van der Waals surface area contributed by atoms with Gasteiger partial charge in [0.2, 0.25) is 0 Å². The molecule has 1 aromatic rings. The molecule has 9 nitrogen and oxygen atoms in total. The summed E-state index contributed by atoms with van der Waals surface area (Å²) in [4.78, 5) is 48.2. The van der Waals surface area contributed by atoms with Crippen molar-refractivity contribution < 1.29 is 28.3 Å². The number of urea groups is 1. The molecule has 1 saturated heterocycles. The molecule has 2 rings (SSSR count). The molecule has 1 aliphatic rings. The fourth-order valence-electron chi connectivity index (χ4n) is 1.86. The first-order valence-corrected chi connectivity index (χ1v) is 6.88. The molecule has 0 unspecified atom stereocenters. The lowest BCUT2D eigenvalue weighted by atomic mass is 10.3. The molecule has 0 atom stereocenters. The fraction of sp³-hybridized carbons (Fsp3) is 0.286. The van der Waals surface area contributed by atoms with E-state index in [9.17, 15) is 23.6 Å². The quantitative estimate of drug-likeness (QED) is 0.542. The number of halogens is 1. The number of benzene rings is 1. The number of hydrogen-bond donors (Lipinski definition) is 2. The van der Waals surface area contributed by atoms with Crippen LogP contribution in [0.25, 0.3) is 0 Å². The van der Waals surface area contributed by atoms with Crippen LogP contribution in [0, 0.1) is 5.82 Å². The van der Waals surface area contributed by atoms with Gasteiger partial charge in [0.05, 0.1) is 0 Å². The number of carbonyl (C=O) groups is 4. The van der Waals surface area contributed by atoms with Gasteiger partial charge in [-0.05, 0) is 24.3 Å². The van der Waals surface area contributed by atoms with Crippen molar-refractivity contribution in [1.29, 1.82) is 0 Å². The molecular formula is C14H15FN4O5. The maximum Gasteiger partial charge on any atom is 0.327 e. The van der Waals surface area contributed by atoms with Crippen molar-refractivity contribution in [2.24, 2.45) is 0 Å². The number of carbonyl (C=O) groups excluding carboxylic acids is 4. The SMILES string of the molecule is CN1CC(=O)N(CC(=O)NNC(=O)COc2ccc(F)cc2)C1=O. The second-order valence-corrected chi connectivity index (χ2v) is 4.96. The minimum atomic E-state index is -0.734. The Balaban J connectivity index is 1.71. The summed E-state index contributed by atoms with van der Waals surface area (Å²) in [5.41, 5.74) is 4.15. The number of amides is 5. The fourth-order valence-corrected chi connectivity index (χ4v) is 1.86. The van der Waals surface area contributed by atoms with Gasteiger partial charge in [-0.1, -0.05) is 0 Å². The van der Waals surface area contributed by atoms with E-state index in [2.05, 4.69) is 10.9 Å². The lowest BCUT2D eigenvalue weighted by Crippen LogP contribution is -2.49. The summed E-state index contributed by atoms with van der Waals surface area (Å²) in [5, 5.41) is 0. The zero-order valence-corrected chi connectivity index (χ0v) is 12.7. The first-order chi connectivity index (χ1) is 11.4. The Morgan fingerprint density at radius 3 is 2.38 bits per heavy atom. The Hall–Kier alpha value is -3.17. The summed E-state index contributed by atoms with van der Waals surface area (Å²) in [5.74, 6) is -2.04. The number of hydrogen-bond acceptors (Lipinski definition) is 5. The first kappa shape index (κ1) is 17.2. The second-order valence-electron chi connectivity index (χ2n) is 4.96. The van der Waals surface area contributed by atoms with Crippen molar-refractivity contribution in [3.05, 3.63) is 30.1 Å². The van der Waals surface area contributed by atoms with E-state index in [1.807, 2.05) is 0 Å². The van der Waals surface area contributed by atoms with Crippen LogP contribution in [0.15, 0.2) is 24.3 Å². The normalized spacial score (nSPS) is 13.9. The highest BCUT2D eigenvalue weighted by Gasteiger charge is 2.34. The van der Waals surface area contributed by atoms with Crippen molar-refractivity contribution in [3.8, 4) is 5.75 Å². The first-order valence-electron chi connectivity index (χ1n) is 6.88. The molecule has 1 aliphatic heterocycles. The number of imide groups is 1. The van der Waals surface area contributed by atoms with Crippen LogP contribution in [-0.4, -0.2) is 60.3 Å².